The van der Waals surface area contributed by atoms with E-state index in [0.717, 1.165) is 21.5 Å². The lowest BCUT2D eigenvalue weighted by Crippen LogP contribution is -2.40. The second kappa shape index (κ2) is 7.19. The molecular formula is C13H16BrNO4S. The molecule has 1 aromatic heterocycles. The highest BCUT2D eigenvalue weighted by atomic mass is 79.9. The van der Waals surface area contributed by atoms with Gasteiger partial charge < -0.3 is 14.7 Å². The second-order valence-corrected chi connectivity index (χ2v) is 7.07. The molecule has 0 spiro atoms. The normalized spacial score (nSPS) is 16.4. The summed E-state index contributed by atoms with van der Waals surface area (Å²) in [6.07, 6.45) is 1.62. The Morgan fingerprint density at radius 2 is 2.10 bits per heavy atom. The number of nitrogens with zero attached hydrogens (tertiary/aromatic N) is 1. The average molecular weight is 362 g/mol. The lowest BCUT2D eigenvalue weighted by atomic mass is 10.1. The van der Waals surface area contributed by atoms with Crippen molar-refractivity contribution >= 4 is 39.1 Å². The molecule has 1 saturated heterocycles. The van der Waals surface area contributed by atoms with Crippen LogP contribution in [0.5, 0.6) is 0 Å². The number of halogens is 1. The first-order chi connectivity index (χ1) is 9.56. The van der Waals surface area contributed by atoms with Crippen LogP contribution in [0.2, 0.25) is 0 Å². The molecule has 7 heteroatoms. The minimum absolute atomic E-state index is 0.0301. The van der Waals surface area contributed by atoms with Crippen molar-refractivity contribution in [1.82, 2.24) is 4.90 Å². The van der Waals surface area contributed by atoms with Crippen molar-refractivity contribution in [3.63, 3.8) is 0 Å². The molecule has 0 atom stereocenters. The fraction of sp³-hybridized carbons (Fsp3) is 0.538. The molecule has 0 aliphatic carbocycles. The Morgan fingerprint density at radius 1 is 1.40 bits per heavy atom. The molecule has 2 rings (SSSR count). The Balaban J connectivity index is 1.76. The van der Waals surface area contributed by atoms with Crippen molar-refractivity contribution in [3.8, 4) is 0 Å². The standard InChI is InChI=1S/C13H16BrNO4S/c14-11-2-1-10(20-11)13(18)15-6-3-9(4-7-15)19-8-5-12(16)17/h1-2,9H,3-8H2,(H,16,17). The third kappa shape index (κ3) is 4.29. The summed E-state index contributed by atoms with van der Waals surface area (Å²) in [5, 5.41) is 8.55. The Morgan fingerprint density at radius 3 is 2.65 bits per heavy atom. The summed E-state index contributed by atoms with van der Waals surface area (Å²) in [4.78, 5) is 25.2. The van der Waals surface area contributed by atoms with E-state index in [-0.39, 0.29) is 25.0 Å². The zero-order valence-corrected chi connectivity index (χ0v) is 13.3. The van der Waals surface area contributed by atoms with Gasteiger partial charge >= 0.3 is 5.97 Å². The largest absolute Gasteiger partial charge is 0.481 e. The van der Waals surface area contributed by atoms with Crippen molar-refractivity contribution in [2.75, 3.05) is 19.7 Å². The Labute approximate surface area is 129 Å². The number of rotatable bonds is 5. The highest BCUT2D eigenvalue weighted by Gasteiger charge is 2.24. The number of hydrogen-bond donors (Lipinski definition) is 1. The van der Waals surface area contributed by atoms with E-state index in [1.807, 2.05) is 17.0 Å². The van der Waals surface area contributed by atoms with E-state index in [1.54, 1.807) is 0 Å². The minimum atomic E-state index is -0.846. The Bertz CT molecular complexity index is 482. The molecule has 1 aliphatic heterocycles. The Kier molecular flexibility index (Phi) is 5.56. The van der Waals surface area contributed by atoms with Gasteiger partial charge in [-0.1, -0.05) is 0 Å². The smallest absolute Gasteiger partial charge is 0.305 e. The minimum Gasteiger partial charge on any atom is -0.481 e. The first-order valence-corrected chi connectivity index (χ1v) is 8.05. The summed E-state index contributed by atoms with van der Waals surface area (Å²) in [5.41, 5.74) is 0. The molecule has 1 amide bonds. The second-order valence-electron chi connectivity index (χ2n) is 4.61. The molecule has 2 heterocycles. The van der Waals surface area contributed by atoms with Gasteiger partial charge in [0.1, 0.15) is 0 Å². The molecule has 1 aromatic rings. The lowest BCUT2D eigenvalue weighted by Gasteiger charge is -2.31. The summed E-state index contributed by atoms with van der Waals surface area (Å²) in [7, 11) is 0. The third-order valence-electron chi connectivity index (χ3n) is 3.18. The van der Waals surface area contributed by atoms with Crippen molar-refractivity contribution in [1.29, 1.82) is 0 Å². The van der Waals surface area contributed by atoms with Crippen molar-refractivity contribution in [3.05, 3.63) is 20.8 Å². The van der Waals surface area contributed by atoms with Crippen LogP contribution in [0, 0.1) is 0 Å². The van der Waals surface area contributed by atoms with Crippen LogP contribution in [0.15, 0.2) is 15.9 Å². The van der Waals surface area contributed by atoms with Gasteiger partial charge in [-0.2, -0.15) is 0 Å². The van der Waals surface area contributed by atoms with E-state index in [9.17, 15) is 9.59 Å². The zero-order chi connectivity index (χ0) is 14.5. The van der Waals surface area contributed by atoms with Crippen LogP contribution < -0.4 is 0 Å². The van der Waals surface area contributed by atoms with Crippen molar-refractivity contribution < 1.29 is 19.4 Å². The summed E-state index contributed by atoms with van der Waals surface area (Å²) in [5.74, 6) is -0.787. The summed E-state index contributed by atoms with van der Waals surface area (Å²) < 4.78 is 6.46. The molecule has 0 radical (unpaired) electrons. The van der Waals surface area contributed by atoms with Crippen LogP contribution in [-0.4, -0.2) is 47.7 Å². The number of carbonyl (C=O) groups is 2. The number of aliphatic carboxylic acids is 1. The zero-order valence-electron chi connectivity index (χ0n) is 10.9. The van der Waals surface area contributed by atoms with E-state index < -0.39 is 5.97 Å². The molecule has 5 nitrogen and oxygen atoms in total. The van der Waals surface area contributed by atoms with Gasteiger partial charge in [0.25, 0.3) is 5.91 Å². The van der Waals surface area contributed by atoms with Gasteiger partial charge in [0.05, 0.1) is 27.8 Å². The third-order valence-corrected chi connectivity index (χ3v) is 4.79. The molecule has 0 aromatic carbocycles. The predicted octanol–water partition coefficient (Wildman–Crippen LogP) is 2.61. The van der Waals surface area contributed by atoms with Crippen LogP contribution in [0.1, 0.15) is 28.9 Å². The van der Waals surface area contributed by atoms with Crippen LogP contribution in [0.25, 0.3) is 0 Å². The average Bonchev–Trinajstić information content (AvgIpc) is 2.85. The fourth-order valence-electron chi connectivity index (χ4n) is 2.12. The van der Waals surface area contributed by atoms with E-state index in [0.29, 0.717) is 13.1 Å². The van der Waals surface area contributed by atoms with Crippen LogP contribution >= 0.6 is 27.3 Å². The summed E-state index contributed by atoms with van der Waals surface area (Å²) in [6, 6.07) is 3.70. The maximum Gasteiger partial charge on any atom is 0.305 e. The van der Waals surface area contributed by atoms with Crippen LogP contribution in [-0.2, 0) is 9.53 Å². The number of hydrogen-bond acceptors (Lipinski definition) is 4. The van der Waals surface area contributed by atoms with Gasteiger partial charge in [0.15, 0.2) is 0 Å². The van der Waals surface area contributed by atoms with Crippen LogP contribution in [0.4, 0.5) is 0 Å². The lowest BCUT2D eigenvalue weighted by molar-refractivity contribution is -0.138. The SMILES string of the molecule is O=C(O)CCOC1CCN(C(=O)c2ccc(Br)s2)CC1. The first kappa shape index (κ1) is 15.5. The quantitative estimate of drug-likeness (QED) is 0.875. The summed E-state index contributed by atoms with van der Waals surface area (Å²) >= 11 is 4.79. The Hall–Kier alpha value is -0.920. The highest BCUT2D eigenvalue weighted by molar-refractivity contribution is 9.11. The van der Waals surface area contributed by atoms with Gasteiger partial charge in [-0.3, -0.25) is 9.59 Å². The number of ether oxygens (including phenoxy) is 1. The molecule has 1 N–H and O–H groups in total. The molecule has 0 saturated carbocycles. The molecule has 0 bridgehead atoms. The first-order valence-electron chi connectivity index (χ1n) is 6.44. The molecule has 1 aliphatic rings. The number of likely N-dealkylation sites (tertiary alicyclic amines) is 1. The highest BCUT2D eigenvalue weighted by Crippen LogP contribution is 2.25. The molecular weight excluding hydrogens is 346 g/mol. The fourth-order valence-corrected chi connectivity index (χ4v) is 3.48. The maximum absolute atomic E-state index is 12.2. The van der Waals surface area contributed by atoms with E-state index in [1.165, 1.54) is 11.3 Å². The number of thiophene rings is 1. The van der Waals surface area contributed by atoms with Gasteiger partial charge in [0.2, 0.25) is 0 Å². The summed E-state index contributed by atoms with van der Waals surface area (Å²) in [6.45, 7) is 1.56. The number of carbonyl (C=O) groups excluding carboxylic acids is 1. The van der Waals surface area contributed by atoms with Gasteiger partial charge in [0, 0.05) is 13.1 Å². The monoisotopic (exact) mass is 361 g/mol. The molecule has 1 fully saturated rings. The van der Waals surface area contributed by atoms with Gasteiger partial charge in [-0.15, -0.1) is 11.3 Å². The van der Waals surface area contributed by atoms with E-state index >= 15 is 0 Å². The topological polar surface area (TPSA) is 66.8 Å². The molecule has 110 valence electrons. The number of carboxylic acid groups (broad SMARTS) is 1. The van der Waals surface area contributed by atoms with Crippen LogP contribution in [0.3, 0.4) is 0 Å². The molecule has 0 unspecified atom stereocenters. The predicted molar refractivity (Wildman–Crippen MR) is 79.1 cm³/mol. The molecule has 20 heavy (non-hydrogen) atoms. The number of carboxylic acids is 1. The van der Waals surface area contributed by atoms with E-state index in [2.05, 4.69) is 15.9 Å². The van der Waals surface area contributed by atoms with E-state index in [4.69, 9.17) is 9.84 Å². The number of amides is 1. The van der Waals surface area contributed by atoms with Gasteiger partial charge in [-0.25, -0.2) is 0 Å². The van der Waals surface area contributed by atoms with Gasteiger partial charge in [-0.05, 0) is 40.9 Å². The van der Waals surface area contributed by atoms with Crippen molar-refractivity contribution in [2.24, 2.45) is 0 Å². The maximum atomic E-state index is 12.2. The van der Waals surface area contributed by atoms with Crippen molar-refractivity contribution in [2.45, 2.75) is 25.4 Å². The number of piperidine rings is 1.